The Morgan fingerprint density at radius 1 is 1.20 bits per heavy atom. The standard InChI is InChI=1S/C16H29NO3/c1-4-5-6-7-8-9-10-17-13(3)15(16(19)20)12(2)11-14(17)18/h12-13,15H,4-11H2,1-3H3,(H,19,20). The Kier molecular flexibility index (Phi) is 7.03. The molecule has 1 aliphatic rings. The third-order valence-electron chi connectivity index (χ3n) is 4.48. The molecule has 116 valence electrons. The molecule has 1 heterocycles. The van der Waals surface area contributed by atoms with E-state index in [9.17, 15) is 14.7 Å². The number of nitrogens with zero attached hydrogens (tertiary/aromatic N) is 1. The van der Waals surface area contributed by atoms with Gasteiger partial charge >= 0.3 is 5.97 Å². The molecule has 3 unspecified atom stereocenters. The van der Waals surface area contributed by atoms with Crippen LogP contribution >= 0.6 is 0 Å². The lowest BCUT2D eigenvalue weighted by atomic mass is 9.81. The zero-order chi connectivity index (χ0) is 15.1. The Morgan fingerprint density at radius 3 is 2.40 bits per heavy atom. The zero-order valence-electron chi connectivity index (χ0n) is 13.1. The molecule has 1 saturated heterocycles. The van der Waals surface area contributed by atoms with Gasteiger partial charge in [-0.3, -0.25) is 9.59 Å². The van der Waals surface area contributed by atoms with Gasteiger partial charge < -0.3 is 10.0 Å². The first-order valence-electron chi connectivity index (χ1n) is 8.01. The highest BCUT2D eigenvalue weighted by Crippen LogP contribution is 2.30. The molecule has 4 heteroatoms. The van der Waals surface area contributed by atoms with Crippen LogP contribution in [0.2, 0.25) is 0 Å². The number of carboxylic acid groups (broad SMARTS) is 1. The minimum atomic E-state index is -0.773. The lowest BCUT2D eigenvalue weighted by Crippen LogP contribution is -2.52. The summed E-state index contributed by atoms with van der Waals surface area (Å²) in [5.74, 6) is -1.13. The van der Waals surface area contributed by atoms with E-state index in [2.05, 4.69) is 6.92 Å². The normalized spacial score (nSPS) is 26.9. The van der Waals surface area contributed by atoms with Crippen LogP contribution < -0.4 is 0 Å². The van der Waals surface area contributed by atoms with Gasteiger partial charge in [-0.1, -0.05) is 46.0 Å². The summed E-state index contributed by atoms with van der Waals surface area (Å²) in [7, 11) is 0. The molecule has 0 radical (unpaired) electrons. The van der Waals surface area contributed by atoms with Crippen LogP contribution in [0, 0.1) is 11.8 Å². The summed E-state index contributed by atoms with van der Waals surface area (Å²) in [4.78, 5) is 25.2. The molecule has 0 bridgehead atoms. The van der Waals surface area contributed by atoms with Gasteiger partial charge in [0, 0.05) is 19.0 Å². The number of aliphatic carboxylic acids is 1. The maximum atomic E-state index is 12.1. The van der Waals surface area contributed by atoms with Crippen LogP contribution in [0.3, 0.4) is 0 Å². The van der Waals surface area contributed by atoms with E-state index in [1.165, 1.54) is 25.7 Å². The fourth-order valence-electron chi connectivity index (χ4n) is 3.26. The van der Waals surface area contributed by atoms with Gasteiger partial charge in [0.25, 0.3) is 0 Å². The molecule has 0 aliphatic carbocycles. The maximum Gasteiger partial charge on any atom is 0.308 e. The van der Waals surface area contributed by atoms with Crippen LogP contribution in [0.15, 0.2) is 0 Å². The number of rotatable bonds is 8. The molecular formula is C16H29NO3. The number of piperidine rings is 1. The molecular weight excluding hydrogens is 254 g/mol. The minimum absolute atomic E-state index is 0.0594. The van der Waals surface area contributed by atoms with Gasteiger partial charge in [-0.15, -0.1) is 0 Å². The van der Waals surface area contributed by atoms with Gasteiger partial charge in [0.05, 0.1) is 5.92 Å². The highest BCUT2D eigenvalue weighted by molar-refractivity contribution is 5.81. The van der Waals surface area contributed by atoms with E-state index in [0.717, 1.165) is 12.8 Å². The number of hydrogen-bond donors (Lipinski definition) is 1. The molecule has 20 heavy (non-hydrogen) atoms. The molecule has 0 spiro atoms. The van der Waals surface area contributed by atoms with E-state index >= 15 is 0 Å². The molecule has 1 aliphatic heterocycles. The van der Waals surface area contributed by atoms with Gasteiger partial charge in [0.2, 0.25) is 5.91 Å². The van der Waals surface area contributed by atoms with Gasteiger partial charge in [0.1, 0.15) is 0 Å². The third kappa shape index (κ3) is 4.50. The molecule has 0 aromatic carbocycles. The van der Waals surface area contributed by atoms with E-state index in [1.54, 1.807) is 4.90 Å². The van der Waals surface area contributed by atoms with Crippen molar-refractivity contribution in [3.05, 3.63) is 0 Å². The van der Waals surface area contributed by atoms with E-state index in [-0.39, 0.29) is 17.9 Å². The van der Waals surface area contributed by atoms with Gasteiger partial charge in [-0.05, 0) is 19.3 Å². The van der Waals surface area contributed by atoms with Crippen molar-refractivity contribution in [3.8, 4) is 0 Å². The lowest BCUT2D eigenvalue weighted by Gasteiger charge is -2.40. The van der Waals surface area contributed by atoms with E-state index < -0.39 is 11.9 Å². The summed E-state index contributed by atoms with van der Waals surface area (Å²) >= 11 is 0. The monoisotopic (exact) mass is 283 g/mol. The SMILES string of the molecule is CCCCCCCCN1C(=O)CC(C)C(C(=O)O)C1C. The molecule has 1 rings (SSSR count). The number of carboxylic acids is 1. The molecule has 0 saturated carbocycles. The molecule has 1 fully saturated rings. The van der Waals surface area contributed by atoms with Crippen molar-refractivity contribution in [3.63, 3.8) is 0 Å². The van der Waals surface area contributed by atoms with Crippen LogP contribution in [-0.4, -0.2) is 34.5 Å². The molecule has 0 aromatic heterocycles. The second-order valence-corrected chi connectivity index (χ2v) is 6.14. The lowest BCUT2D eigenvalue weighted by molar-refractivity contribution is -0.154. The van der Waals surface area contributed by atoms with Crippen molar-refractivity contribution in [2.75, 3.05) is 6.54 Å². The van der Waals surface area contributed by atoms with Crippen molar-refractivity contribution in [2.45, 2.75) is 71.8 Å². The quantitative estimate of drug-likeness (QED) is 0.695. The van der Waals surface area contributed by atoms with Crippen molar-refractivity contribution in [1.29, 1.82) is 0 Å². The summed E-state index contributed by atoms with van der Waals surface area (Å²) < 4.78 is 0. The fraction of sp³-hybridized carbons (Fsp3) is 0.875. The zero-order valence-corrected chi connectivity index (χ0v) is 13.1. The van der Waals surface area contributed by atoms with E-state index in [0.29, 0.717) is 13.0 Å². The van der Waals surface area contributed by atoms with Gasteiger partial charge in [-0.25, -0.2) is 0 Å². The molecule has 1 amide bonds. The van der Waals surface area contributed by atoms with Crippen LogP contribution in [-0.2, 0) is 9.59 Å². The fourth-order valence-corrected chi connectivity index (χ4v) is 3.26. The van der Waals surface area contributed by atoms with Crippen molar-refractivity contribution < 1.29 is 14.7 Å². The summed E-state index contributed by atoms with van der Waals surface area (Å²) in [6, 6.07) is -0.181. The Labute approximate surface area is 122 Å². The highest BCUT2D eigenvalue weighted by Gasteiger charge is 2.41. The van der Waals surface area contributed by atoms with E-state index in [4.69, 9.17) is 0 Å². The number of carbonyl (C=O) groups is 2. The largest absolute Gasteiger partial charge is 0.481 e. The average molecular weight is 283 g/mol. The predicted octanol–water partition coefficient (Wildman–Crippen LogP) is 3.30. The number of likely N-dealkylation sites (tertiary alicyclic amines) is 1. The molecule has 1 N–H and O–H groups in total. The number of unbranched alkanes of at least 4 members (excludes halogenated alkanes) is 5. The van der Waals surface area contributed by atoms with E-state index in [1.807, 2.05) is 13.8 Å². The Morgan fingerprint density at radius 2 is 1.80 bits per heavy atom. The summed E-state index contributed by atoms with van der Waals surface area (Å²) in [6.07, 6.45) is 7.47. The number of amides is 1. The molecule has 4 nitrogen and oxygen atoms in total. The Bertz CT molecular complexity index is 330. The Balaban J connectivity index is 2.43. The topological polar surface area (TPSA) is 57.6 Å². The van der Waals surface area contributed by atoms with Gasteiger partial charge in [-0.2, -0.15) is 0 Å². The highest BCUT2D eigenvalue weighted by atomic mass is 16.4. The smallest absolute Gasteiger partial charge is 0.308 e. The van der Waals surface area contributed by atoms with Crippen LogP contribution in [0.5, 0.6) is 0 Å². The second kappa shape index (κ2) is 8.28. The summed E-state index contributed by atoms with van der Waals surface area (Å²) in [5.41, 5.74) is 0. The third-order valence-corrected chi connectivity index (χ3v) is 4.48. The van der Waals surface area contributed by atoms with Crippen molar-refractivity contribution in [1.82, 2.24) is 4.90 Å². The summed E-state index contributed by atoms with van der Waals surface area (Å²) in [5, 5.41) is 9.31. The first kappa shape index (κ1) is 17.0. The first-order valence-corrected chi connectivity index (χ1v) is 8.01. The molecule has 0 aromatic rings. The minimum Gasteiger partial charge on any atom is -0.481 e. The average Bonchev–Trinajstić information content (AvgIpc) is 2.35. The number of carbonyl (C=O) groups excluding carboxylic acids is 1. The van der Waals surface area contributed by atoms with Crippen LogP contribution in [0.1, 0.15) is 65.7 Å². The maximum absolute atomic E-state index is 12.1. The van der Waals surface area contributed by atoms with Crippen molar-refractivity contribution in [2.24, 2.45) is 11.8 Å². The number of hydrogen-bond acceptors (Lipinski definition) is 2. The Hall–Kier alpha value is -1.06. The van der Waals surface area contributed by atoms with Crippen molar-refractivity contribution >= 4 is 11.9 Å². The second-order valence-electron chi connectivity index (χ2n) is 6.14. The summed E-state index contributed by atoms with van der Waals surface area (Å²) in [6.45, 7) is 6.66. The van der Waals surface area contributed by atoms with Crippen LogP contribution in [0.25, 0.3) is 0 Å². The van der Waals surface area contributed by atoms with Crippen LogP contribution in [0.4, 0.5) is 0 Å². The predicted molar refractivity (Wildman–Crippen MR) is 79.5 cm³/mol. The molecule has 3 atom stereocenters. The van der Waals surface area contributed by atoms with Gasteiger partial charge in [0.15, 0.2) is 0 Å². The first-order chi connectivity index (χ1) is 9.49.